The third kappa shape index (κ3) is 7.20. The van der Waals surface area contributed by atoms with E-state index in [2.05, 4.69) is 4.99 Å². The first-order chi connectivity index (χ1) is 22.6. The zero-order valence-corrected chi connectivity index (χ0v) is 29.1. The standard InChI is InChI=1S/C35H34Cl2N2O7S/c1-7-44-34(41)30-20(4)38-35-39(31(30)22-12-14-26(46-19(2)3)28(16-22)43-6)33(40)29(47-35)17-23-9-8-10-27(42-5)32(23)45-18-21-11-13-24(36)25(37)15-21/h8-17,19,31H,7,18H2,1-6H3/b29-17+/t31-/m0/s1. The number of ether oxygens (including phenoxy) is 5. The highest BCUT2D eigenvalue weighted by Gasteiger charge is 2.34. The normalized spacial score (nSPS) is 14.5. The van der Waals surface area contributed by atoms with Crippen LogP contribution < -0.4 is 33.8 Å². The van der Waals surface area contributed by atoms with E-state index in [4.69, 9.17) is 46.9 Å². The number of allylic oxidation sites excluding steroid dienone is 1. The van der Waals surface area contributed by atoms with E-state index >= 15 is 0 Å². The highest BCUT2D eigenvalue weighted by molar-refractivity contribution is 7.07. The maximum absolute atomic E-state index is 14.3. The highest BCUT2D eigenvalue weighted by Crippen LogP contribution is 2.37. The summed E-state index contributed by atoms with van der Waals surface area (Å²) >= 11 is 13.5. The Labute approximate surface area is 286 Å². The summed E-state index contributed by atoms with van der Waals surface area (Å²) in [6.07, 6.45) is 1.65. The van der Waals surface area contributed by atoms with E-state index in [1.54, 1.807) is 64.5 Å². The van der Waals surface area contributed by atoms with Crippen LogP contribution in [0.25, 0.3) is 6.08 Å². The lowest BCUT2D eigenvalue weighted by molar-refractivity contribution is -0.139. The van der Waals surface area contributed by atoms with Gasteiger partial charge in [0.2, 0.25) is 0 Å². The van der Waals surface area contributed by atoms with Gasteiger partial charge in [-0.2, -0.15) is 0 Å². The lowest BCUT2D eigenvalue weighted by Gasteiger charge is -2.25. The van der Waals surface area contributed by atoms with Crippen molar-refractivity contribution in [1.29, 1.82) is 0 Å². The minimum atomic E-state index is -0.829. The smallest absolute Gasteiger partial charge is 0.338 e. The van der Waals surface area contributed by atoms with E-state index in [0.29, 0.717) is 59.2 Å². The van der Waals surface area contributed by atoms with Crippen molar-refractivity contribution in [2.75, 3.05) is 20.8 Å². The van der Waals surface area contributed by atoms with Crippen molar-refractivity contribution in [2.24, 2.45) is 4.99 Å². The fourth-order valence-corrected chi connectivity index (χ4v) is 6.56. The van der Waals surface area contributed by atoms with E-state index in [-0.39, 0.29) is 30.5 Å². The third-order valence-electron chi connectivity index (χ3n) is 7.27. The molecule has 0 unspecified atom stereocenters. The summed E-state index contributed by atoms with van der Waals surface area (Å²) in [6, 6.07) is 15.2. The molecule has 1 atom stereocenters. The lowest BCUT2D eigenvalue weighted by atomic mass is 9.95. The molecule has 47 heavy (non-hydrogen) atoms. The molecule has 1 aliphatic rings. The summed E-state index contributed by atoms with van der Waals surface area (Å²) in [6.45, 7) is 7.65. The lowest BCUT2D eigenvalue weighted by Crippen LogP contribution is -2.40. The molecule has 1 aromatic heterocycles. The van der Waals surface area contributed by atoms with Gasteiger partial charge in [0.25, 0.3) is 5.56 Å². The van der Waals surface area contributed by atoms with Crippen molar-refractivity contribution in [1.82, 2.24) is 4.57 Å². The molecule has 1 aliphatic heterocycles. The second-order valence-corrected chi connectivity index (χ2v) is 12.6. The van der Waals surface area contributed by atoms with Crippen LogP contribution in [-0.2, 0) is 16.1 Å². The molecule has 12 heteroatoms. The van der Waals surface area contributed by atoms with Gasteiger partial charge in [-0.25, -0.2) is 9.79 Å². The predicted octanol–water partition coefficient (Wildman–Crippen LogP) is 6.49. The van der Waals surface area contributed by atoms with Gasteiger partial charge in [-0.3, -0.25) is 9.36 Å². The molecule has 0 N–H and O–H groups in total. The van der Waals surface area contributed by atoms with E-state index in [0.717, 1.165) is 5.56 Å². The molecule has 0 amide bonds. The Balaban J connectivity index is 1.64. The van der Waals surface area contributed by atoms with Gasteiger partial charge in [-0.05, 0) is 75.2 Å². The van der Waals surface area contributed by atoms with Crippen molar-refractivity contribution in [3.8, 4) is 23.0 Å². The molecule has 0 bridgehead atoms. The zero-order valence-electron chi connectivity index (χ0n) is 26.8. The largest absolute Gasteiger partial charge is 0.493 e. The summed E-state index contributed by atoms with van der Waals surface area (Å²) in [4.78, 5) is 32.7. The first-order valence-electron chi connectivity index (χ1n) is 14.8. The average molecular weight is 698 g/mol. The average Bonchev–Trinajstić information content (AvgIpc) is 3.34. The maximum atomic E-state index is 14.3. The molecule has 0 fully saturated rings. The fraction of sp³-hybridized carbons (Fsp3) is 0.286. The molecule has 2 heterocycles. The molecular formula is C35H34Cl2N2O7S. The molecule has 246 valence electrons. The molecule has 0 saturated carbocycles. The van der Waals surface area contributed by atoms with Gasteiger partial charge < -0.3 is 23.7 Å². The summed E-state index contributed by atoms with van der Waals surface area (Å²) < 4.78 is 30.7. The van der Waals surface area contributed by atoms with Crippen LogP contribution in [0.1, 0.15) is 50.4 Å². The Morgan fingerprint density at radius 3 is 2.47 bits per heavy atom. The Morgan fingerprint density at radius 1 is 1.02 bits per heavy atom. The summed E-state index contributed by atoms with van der Waals surface area (Å²) in [5.41, 5.74) is 2.43. The number of halogens is 2. The number of methoxy groups -OCH3 is 2. The van der Waals surface area contributed by atoms with Crippen molar-refractivity contribution in [2.45, 2.75) is 46.4 Å². The predicted molar refractivity (Wildman–Crippen MR) is 183 cm³/mol. The van der Waals surface area contributed by atoms with Crippen molar-refractivity contribution < 1.29 is 28.5 Å². The van der Waals surface area contributed by atoms with Crippen LogP contribution >= 0.6 is 34.5 Å². The monoisotopic (exact) mass is 696 g/mol. The van der Waals surface area contributed by atoms with Gasteiger partial charge >= 0.3 is 5.97 Å². The van der Waals surface area contributed by atoms with Gasteiger partial charge in [-0.1, -0.05) is 58.8 Å². The van der Waals surface area contributed by atoms with E-state index in [1.165, 1.54) is 15.9 Å². The zero-order chi connectivity index (χ0) is 33.8. The molecule has 0 radical (unpaired) electrons. The number of benzene rings is 3. The number of para-hydroxylation sites is 1. The summed E-state index contributed by atoms with van der Waals surface area (Å²) in [5.74, 6) is 1.39. The molecule has 9 nitrogen and oxygen atoms in total. The molecular weight excluding hydrogens is 663 g/mol. The molecule has 5 rings (SSSR count). The highest BCUT2D eigenvalue weighted by atomic mass is 35.5. The number of fused-ring (bicyclic) bond motifs is 1. The number of thiazole rings is 1. The number of rotatable bonds is 11. The number of hydrogen-bond donors (Lipinski definition) is 0. The van der Waals surface area contributed by atoms with Gasteiger partial charge in [0.05, 0.1) is 58.8 Å². The third-order valence-corrected chi connectivity index (χ3v) is 8.99. The van der Waals surface area contributed by atoms with Gasteiger partial charge in [0.15, 0.2) is 27.8 Å². The van der Waals surface area contributed by atoms with Crippen molar-refractivity contribution >= 4 is 46.6 Å². The Bertz CT molecular complexity index is 2030. The van der Waals surface area contributed by atoms with Crippen LogP contribution in [0.15, 0.2) is 75.7 Å². The van der Waals surface area contributed by atoms with Crippen LogP contribution in [0, 0.1) is 0 Å². The molecule has 0 saturated heterocycles. The number of carbonyl (C=O) groups excluding carboxylic acids is 1. The molecule has 4 aromatic rings. The maximum Gasteiger partial charge on any atom is 0.338 e. The topological polar surface area (TPSA) is 97.6 Å². The molecule has 0 spiro atoms. The van der Waals surface area contributed by atoms with Gasteiger partial charge in [0, 0.05) is 5.56 Å². The van der Waals surface area contributed by atoms with Crippen LogP contribution in [0.5, 0.6) is 23.0 Å². The molecule has 0 aliphatic carbocycles. The molecule has 3 aromatic carbocycles. The SMILES string of the molecule is CCOC(=O)C1=C(C)N=c2s/c(=C/c3cccc(OC)c3OCc3ccc(Cl)c(Cl)c3)c(=O)n2[C@H]1c1ccc(OC(C)C)c(OC)c1. The number of carbonyl (C=O) groups is 1. The number of esters is 1. The van der Waals surface area contributed by atoms with E-state index < -0.39 is 12.0 Å². The van der Waals surface area contributed by atoms with Crippen LogP contribution in [-0.4, -0.2) is 37.5 Å². The van der Waals surface area contributed by atoms with Crippen LogP contribution in [0.2, 0.25) is 10.0 Å². The van der Waals surface area contributed by atoms with Gasteiger partial charge in [0.1, 0.15) is 6.61 Å². The summed E-state index contributed by atoms with van der Waals surface area (Å²) in [7, 11) is 3.09. The van der Waals surface area contributed by atoms with Gasteiger partial charge in [-0.15, -0.1) is 0 Å². The van der Waals surface area contributed by atoms with Crippen LogP contribution in [0.4, 0.5) is 0 Å². The Morgan fingerprint density at radius 2 is 1.79 bits per heavy atom. The van der Waals surface area contributed by atoms with Crippen molar-refractivity contribution in [3.05, 3.63) is 112 Å². The van der Waals surface area contributed by atoms with Crippen molar-refractivity contribution in [3.63, 3.8) is 0 Å². The first-order valence-corrected chi connectivity index (χ1v) is 16.4. The summed E-state index contributed by atoms with van der Waals surface area (Å²) in [5, 5.41) is 0.863. The van der Waals surface area contributed by atoms with E-state index in [9.17, 15) is 9.59 Å². The number of aromatic nitrogens is 1. The van der Waals surface area contributed by atoms with E-state index in [1.807, 2.05) is 38.1 Å². The number of hydrogen-bond acceptors (Lipinski definition) is 9. The minimum absolute atomic E-state index is 0.0841. The fourth-order valence-electron chi connectivity index (χ4n) is 5.20. The quantitative estimate of drug-likeness (QED) is 0.165. The Hall–Kier alpha value is -4.25. The second-order valence-electron chi connectivity index (χ2n) is 10.8. The van der Waals surface area contributed by atoms with Crippen LogP contribution in [0.3, 0.4) is 0 Å². The second kappa shape index (κ2) is 14.7. The first kappa shape index (κ1) is 34.1. The number of nitrogens with zero attached hydrogens (tertiary/aromatic N) is 2. The minimum Gasteiger partial charge on any atom is -0.493 e. The Kier molecular flexibility index (Phi) is 10.6.